The largest absolute Gasteiger partial charge is 0.348 e. The van der Waals surface area contributed by atoms with E-state index in [1.54, 1.807) is 13.8 Å². The van der Waals surface area contributed by atoms with E-state index in [1.165, 1.54) is 0 Å². The minimum atomic E-state index is -0.776. The van der Waals surface area contributed by atoms with Gasteiger partial charge in [0.25, 0.3) is 0 Å². The average Bonchev–Trinajstić information content (AvgIpc) is 2.81. The van der Waals surface area contributed by atoms with E-state index < -0.39 is 36.2 Å². The maximum absolute atomic E-state index is 12.2. The molecule has 4 atom stereocenters. The molecule has 0 aliphatic carbocycles. The fourth-order valence-corrected chi connectivity index (χ4v) is 2.53. The van der Waals surface area contributed by atoms with E-state index in [9.17, 15) is 4.79 Å². The maximum Gasteiger partial charge on any atom is 0.198 e. The second-order valence-electron chi connectivity index (χ2n) is 5.75. The third kappa shape index (κ3) is 1.98. The summed E-state index contributed by atoms with van der Waals surface area (Å²) in [5.74, 6) is -1.58. The van der Waals surface area contributed by atoms with Gasteiger partial charge in [0.05, 0.1) is 6.61 Å². The van der Waals surface area contributed by atoms with Gasteiger partial charge in [0, 0.05) is 0 Å². The number of Topliss-reactive ketones (excluding diaryl/α,β-unsaturated/α-hetero) is 1. The number of ketones is 1. The lowest BCUT2D eigenvalue weighted by Crippen LogP contribution is -2.39. The van der Waals surface area contributed by atoms with Gasteiger partial charge in [0.15, 0.2) is 35.9 Å². The number of rotatable bonds is 1. The molecule has 3 aliphatic heterocycles. The molecule has 0 bridgehead atoms. The molecular weight excluding hydrogens is 240 g/mol. The number of hydrogen-bond donors (Lipinski definition) is 0. The molecule has 0 spiro atoms. The van der Waals surface area contributed by atoms with E-state index in [0.717, 1.165) is 0 Å². The lowest BCUT2D eigenvalue weighted by atomic mass is 10.1. The Balaban J connectivity index is 1.70. The van der Waals surface area contributed by atoms with Crippen LogP contribution in [0.25, 0.3) is 0 Å². The Hall–Kier alpha value is -0.530. The van der Waals surface area contributed by atoms with Gasteiger partial charge in [-0.15, -0.1) is 0 Å². The minimum absolute atomic E-state index is 0.128. The summed E-state index contributed by atoms with van der Waals surface area (Å²) in [4.78, 5) is 12.2. The topological polar surface area (TPSA) is 63.2 Å². The Morgan fingerprint density at radius 3 is 2.28 bits per heavy atom. The van der Waals surface area contributed by atoms with E-state index in [-0.39, 0.29) is 5.78 Å². The van der Waals surface area contributed by atoms with E-state index in [0.29, 0.717) is 6.61 Å². The van der Waals surface area contributed by atoms with Crippen LogP contribution in [0.3, 0.4) is 0 Å². The first-order valence-electron chi connectivity index (χ1n) is 6.14. The van der Waals surface area contributed by atoms with Crippen molar-refractivity contribution in [1.29, 1.82) is 0 Å². The van der Waals surface area contributed by atoms with Crippen molar-refractivity contribution in [2.45, 2.75) is 63.9 Å². The highest BCUT2D eigenvalue weighted by molar-refractivity contribution is 5.90. The Kier molecular flexibility index (Phi) is 2.60. The zero-order valence-electron chi connectivity index (χ0n) is 11.0. The second-order valence-corrected chi connectivity index (χ2v) is 5.75. The predicted molar refractivity (Wildman–Crippen MR) is 58.6 cm³/mol. The molecule has 0 aromatic heterocycles. The first kappa shape index (κ1) is 12.5. The molecule has 18 heavy (non-hydrogen) atoms. The Morgan fingerprint density at radius 2 is 1.72 bits per heavy atom. The van der Waals surface area contributed by atoms with Crippen molar-refractivity contribution >= 4 is 5.78 Å². The highest BCUT2D eigenvalue weighted by atomic mass is 16.8. The van der Waals surface area contributed by atoms with Crippen LogP contribution in [-0.2, 0) is 28.5 Å². The SMILES string of the molecule is CC1(C)OC[C@@H]([C@@H]2O[C@H]3OC(C)(C)O[C@H]3C2=O)O1. The van der Waals surface area contributed by atoms with Crippen molar-refractivity contribution in [3.63, 3.8) is 0 Å². The quantitative estimate of drug-likeness (QED) is 0.685. The van der Waals surface area contributed by atoms with E-state index in [4.69, 9.17) is 23.7 Å². The summed E-state index contributed by atoms with van der Waals surface area (Å²) < 4.78 is 27.7. The molecular formula is C12H18O6. The molecule has 0 aromatic carbocycles. The van der Waals surface area contributed by atoms with Crippen LogP contribution in [0.1, 0.15) is 27.7 Å². The van der Waals surface area contributed by atoms with Crippen molar-refractivity contribution in [1.82, 2.24) is 0 Å². The Labute approximate surface area is 105 Å². The van der Waals surface area contributed by atoms with Crippen molar-refractivity contribution in [2.24, 2.45) is 0 Å². The average molecular weight is 258 g/mol. The van der Waals surface area contributed by atoms with Crippen molar-refractivity contribution < 1.29 is 28.5 Å². The highest BCUT2D eigenvalue weighted by Gasteiger charge is 2.57. The van der Waals surface area contributed by atoms with Gasteiger partial charge in [-0.2, -0.15) is 0 Å². The van der Waals surface area contributed by atoms with Gasteiger partial charge in [-0.3, -0.25) is 4.79 Å². The van der Waals surface area contributed by atoms with Gasteiger partial charge < -0.3 is 23.7 Å². The zero-order chi connectivity index (χ0) is 13.1. The van der Waals surface area contributed by atoms with Gasteiger partial charge in [-0.25, -0.2) is 0 Å². The zero-order valence-corrected chi connectivity index (χ0v) is 11.0. The van der Waals surface area contributed by atoms with Gasteiger partial charge in [-0.1, -0.05) is 0 Å². The Morgan fingerprint density at radius 1 is 1.00 bits per heavy atom. The summed E-state index contributed by atoms with van der Waals surface area (Å²) in [6, 6.07) is 0. The normalized spacial score (nSPS) is 45.4. The van der Waals surface area contributed by atoms with E-state index in [1.807, 2.05) is 13.8 Å². The number of fused-ring (bicyclic) bond motifs is 1. The first-order valence-corrected chi connectivity index (χ1v) is 6.14. The molecule has 0 radical (unpaired) electrons. The molecule has 3 saturated heterocycles. The maximum atomic E-state index is 12.2. The summed E-state index contributed by atoms with van der Waals surface area (Å²) in [6.07, 6.45) is -2.35. The number of carbonyl (C=O) groups excluding carboxylic acids is 1. The summed E-state index contributed by atoms with van der Waals surface area (Å²) in [6.45, 7) is 7.48. The monoisotopic (exact) mass is 258 g/mol. The van der Waals surface area contributed by atoms with Crippen molar-refractivity contribution in [3.05, 3.63) is 0 Å². The van der Waals surface area contributed by atoms with Gasteiger partial charge in [-0.05, 0) is 27.7 Å². The molecule has 3 heterocycles. The smallest absolute Gasteiger partial charge is 0.198 e. The van der Waals surface area contributed by atoms with Crippen LogP contribution in [0.2, 0.25) is 0 Å². The van der Waals surface area contributed by atoms with Gasteiger partial charge in [0.2, 0.25) is 0 Å². The highest BCUT2D eigenvalue weighted by Crippen LogP contribution is 2.38. The fraction of sp³-hybridized carbons (Fsp3) is 0.917. The molecule has 3 fully saturated rings. The molecule has 3 aliphatic rings. The van der Waals surface area contributed by atoms with Crippen LogP contribution < -0.4 is 0 Å². The molecule has 0 N–H and O–H groups in total. The van der Waals surface area contributed by atoms with Crippen LogP contribution in [0, 0.1) is 0 Å². The van der Waals surface area contributed by atoms with E-state index in [2.05, 4.69) is 0 Å². The molecule has 0 saturated carbocycles. The lowest BCUT2D eigenvalue weighted by Gasteiger charge is -2.23. The predicted octanol–water partition coefficient (Wildman–Crippen LogP) is 0.583. The fourth-order valence-electron chi connectivity index (χ4n) is 2.53. The third-order valence-corrected chi connectivity index (χ3v) is 3.27. The van der Waals surface area contributed by atoms with Crippen molar-refractivity contribution in [2.75, 3.05) is 6.61 Å². The third-order valence-electron chi connectivity index (χ3n) is 3.27. The molecule has 0 unspecified atom stereocenters. The van der Waals surface area contributed by atoms with Crippen LogP contribution in [0.15, 0.2) is 0 Å². The summed E-state index contributed by atoms with van der Waals surface area (Å²) in [7, 11) is 0. The summed E-state index contributed by atoms with van der Waals surface area (Å²) in [5.41, 5.74) is 0. The van der Waals surface area contributed by atoms with Crippen LogP contribution in [0.4, 0.5) is 0 Å². The molecule has 102 valence electrons. The standard InChI is InChI=1S/C12H18O6/c1-11(2)14-5-6(16-11)8-7(13)9-10(15-8)18-12(3,4)17-9/h6,8-10H,5H2,1-4H3/t6-,8-,9-,10-/m0/s1. The lowest BCUT2D eigenvalue weighted by molar-refractivity contribution is -0.219. The number of carbonyl (C=O) groups is 1. The van der Waals surface area contributed by atoms with Gasteiger partial charge >= 0.3 is 0 Å². The number of ether oxygens (including phenoxy) is 5. The molecule has 3 rings (SSSR count). The summed E-state index contributed by atoms with van der Waals surface area (Å²) in [5, 5.41) is 0. The second kappa shape index (κ2) is 3.74. The number of hydrogen-bond acceptors (Lipinski definition) is 6. The van der Waals surface area contributed by atoms with Crippen LogP contribution in [-0.4, -0.2) is 48.6 Å². The molecule has 0 aromatic rings. The molecule has 0 amide bonds. The summed E-state index contributed by atoms with van der Waals surface area (Å²) >= 11 is 0. The molecule has 6 heteroatoms. The van der Waals surface area contributed by atoms with Crippen molar-refractivity contribution in [3.8, 4) is 0 Å². The van der Waals surface area contributed by atoms with Crippen LogP contribution >= 0.6 is 0 Å². The minimum Gasteiger partial charge on any atom is -0.348 e. The van der Waals surface area contributed by atoms with Crippen LogP contribution in [0.5, 0.6) is 0 Å². The Bertz CT molecular complexity index is 377. The molecule has 6 nitrogen and oxygen atoms in total. The first-order chi connectivity index (χ1) is 8.27. The van der Waals surface area contributed by atoms with Gasteiger partial charge in [0.1, 0.15) is 6.10 Å². The van der Waals surface area contributed by atoms with E-state index >= 15 is 0 Å².